The maximum absolute atomic E-state index is 4.53. The zero-order valence-electron chi connectivity index (χ0n) is 13.6. The molecule has 0 amide bonds. The normalized spacial score (nSPS) is 12.5. The molecule has 23 heavy (non-hydrogen) atoms. The van der Waals surface area contributed by atoms with Gasteiger partial charge in [0.2, 0.25) is 0 Å². The van der Waals surface area contributed by atoms with E-state index < -0.39 is 0 Å². The van der Waals surface area contributed by atoms with Crippen molar-refractivity contribution in [2.24, 2.45) is 0 Å². The minimum atomic E-state index is 0.248. The molecular formula is C19H22N4. The molecular weight excluding hydrogens is 284 g/mol. The van der Waals surface area contributed by atoms with Crippen molar-refractivity contribution < 1.29 is 0 Å². The summed E-state index contributed by atoms with van der Waals surface area (Å²) in [5.74, 6) is 1.07. The molecule has 0 radical (unpaired) electrons. The van der Waals surface area contributed by atoms with Gasteiger partial charge in [-0.25, -0.2) is 4.98 Å². The Balaban J connectivity index is 1.70. The highest BCUT2D eigenvalue weighted by Gasteiger charge is 2.15. The SMILES string of the molecule is C[C@@H](c1ccccn1)N(C)Cc1nccn1Cc1ccccc1. The second-order valence-electron chi connectivity index (χ2n) is 5.80. The second-order valence-corrected chi connectivity index (χ2v) is 5.80. The van der Waals surface area contributed by atoms with E-state index >= 15 is 0 Å². The molecule has 3 rings (SSSR count). The van der Waals surface area contributed by atoms with E-state index in [0.717, 1.165) is 24.6 Å². The van der Waals surface area contributed by atoms with Gasteiger partial charge in [-0.2, -0.15) is 0 Å². The third-order valence-electron chi connectivity index (χ3n) is 4.17. The molecule has 4 nitrogen and oxygen atoms in total. The van der Waals surface area contributed by atoms with Crippen LogP contribution in [0.15, 0.2) is 67.1 Å². The van der Waals surface area contributed by atoms with Gasteiger partial charge in [0.05, 0.1) is 12.2 Å². The van der Waals surface area contributed by atoms with Gasteiger partial charge in [-0.1, -0.05) is 36.4 Å². The molecule has 4 heteroatoms. The fourth-order valence-corrected chi connectivity index (χ4v) is 2.62. The summed E-state index contributed by atoms with van der Waals surface area (Å²) in [5.41, 5.74) is 2.36. The van der Waals surface area contributed by atoms with Gasteiger partial charge in [-0.05, 0) is 31.7 Å². The molecule has 0 fully saturated rings. The van der Waals surface area contributed by atoms with Crippen LogP contribution in [0.25, 0.3) is 0 Å². The van der Waals surface area contributed by atoms with Gasteiger partial charge in [-0.15, -0.1) is 0 Å². The highest BCUT2D eigenvalue weighted by molar-refractivity contribution is 5.16. The molecule has 2 heterocycles. The van der Waals surface area contributed by atoms with Crippen LogP contribution in [0, 0.1) is 0 Å². The van der Waals surface area contributed by atoms with Crippen LogP contribution >= 0.6 is 0 Å². The van der Waals surface area contributed by atoms with Gasteiger partial charge in [0.25, 0.3) is 0 Å². The Kier molecular flexibility index (Phi) is 4.83. The molecule has 1 aromatic carbocycles. The topological polar surface area (TPSA) is 34.0 Å². The minimum Gasteiger partial charge on any atom is -0.329 e. The highest BCUT2D eigenvalue weighted by atomic mass is 15.2. The smallest absolute Gasteiger partial charge is 0.123 e. The van der Waals surface area contributed by atoms with Crippen LogP contribution in [-0.2, 0) is 13.1 Å². The first-order valence-electron chi connectivity index (χ1n) is 7.89. The van der Waals surface area contributed by atoms with E-state index in [-0.39, 0.29) is 6.04 Å². The van der Waals surface area contributed by atoms with Crippen molar-refractivity contribution in [2.75, 3.05) is 7.05 Å². The maximum atomic E-state index is 4.53. The van der Waals surface area contributed by atoms with Crippen LogP contribution in [0.4, 0.5) is 0 Å². The van der Waals surface area contributed by atoms with Crippen LogP contribution in [0.3, 0.4) is 0 Å². The highest BCUT2D eigenvalue weighted by Crippen LogP contribution is 2.18. The van der Waals surface area contributed by atoms with E-state index in [1.807, 2.05) is 36.8 Å². The molecule has 0 spiro atoms. The number of pyridine rings is 1. The van der Waals surface area contributed by atoms with Gasteiger partial charge in [-0.3, -0.25) is 9.88 Å². The fraction of sp³-hybridized carbons (Fsp3) is 0.263. The van der Waals surface area contributed by atoms with Crippen molar-refractivity contribution in [1.82, 2.24) is 19.4 Å². The average Bonchev–Trinajstić information content (AvgIpc) is 3.02. The van der Waals surface area contributed by atoms with Crippen LogP contribution < -0.4 is 0 Å². The van der Waals surface area contributed by atoms with Gasteiger partial charge in [0.1, 0.15) is 5.82 Å². The number of hydrogen-bond donors (Lipinski definition) is 0. The van der Waals surface area contributed by atoms with Gasteiger partial charge < -0.3 is 4.57 Å². The third-order valence-corrected chi connectivity index (χ3v) is 4.17. The Morgan fingerprint density at radius 1 is 1.00 bits per heavy atom. The minimum absolute atomic E-state index is 0.248. The fourth-order valence-electron chi connectivity index (χ4n) is 2.62. The van der Waals surface area contributed by atoms with Crippen molar-refractivity contribution in [3.05, 3.63) is 84.2 Å². The summed E-state index contributed by atoms with van der Waals surface area (Å²) in [6.07, 6.45) is 5.76. The van der Waals surface area contributed by atoms with Crippen molar-refractivity contribution in [3.8, 4) is 0 Å². The van der Waals surface area contributed by atoms with Crippen LogP contribution in [-0.4, -0.2) is 26.5 Å². The van der Waals surface area contributed by atoms with Crippen LogP contribution in [0.1, 0.15) is 30.0 Å². The summed E-state index contributed by atoms with van der Waals surface area (Å²) in [4.78, 5) is 11.2. The lowest BCUT2D eigenvalue weighted by molar-refractivity contribution is 0.239. The summed E-state index contributed by atoms with van der Waals surface area (Å²) in [7, 11) is 2.11. The predicted octanol–water partition coefficient (Wildman–Crippen LogP) is 3.52. The Bertz CT molecular complexity index is 721. The molecule has 0 bridgehead atoms. The molecule has 0 aliphatic rings. The maximum Gasteiger partial charge on any atom is 0.123 e. The average molecular weight is 306 g/mol. The molecule has 1 atom stereocenters. The van der Waals surface area contributed by atoms with Crippen molar-refractivity contribution >= 4 is 0 Å². The number of rotatable bonds is 6. The largest absolute Gasteiger partial charge is 0.329 e. The number of nitrogens with zero attached hydrogens (tertiary/aromatic N) is 4. The monoisotopic (exact) mass is 306 g/mol. The molecule has 0 aliphatic heterocycles. The van der Waals surface area contributed by atoms with Crippen LogP contribution in [0.2, 0.25) is 0 Å². The number of hydrogen-bond acceptors (Lipinski definition) is 3. The summed E-state index contributed by atoms with van der Waals surface area (Å²) in [6.45, 7) is 3.81. The lowest BCUT2D eigenvalue weighted by Crippen LogP contribution is -2.24. The Morgan fingerprint density at radius 2 is 1.78 bits per heavy atom. The lowest BCUT2D eigenvalue weighted by Gasteiger charge is -2.24. The summed E-state index contributed by atoms with van der Waals surface area (Å²) in [5, 5.41) is 0. The van der Waals surface area contributed by atoms with Gasteiger partial charge >= 0.3 is 0 Å². The summed E-state index contributed by atoms with van der Waals surface area (Å²) in [6, 6.07) is 16.8. The lowest BCUT2D eigenvalue weighted by atomic mass is 10.2. The third kappa shape index (κ3) is 3.85. The molecule has 0 unspecified atom stereocenters. The molecule has 0 saturated carbocycles. The van der Waals surface area contributed by atoms with E-state index in [0.29, 0.717) is 0 Å². The van der Waals surface area contributed by atoms with E-state index in [1.54, 1.807) is 0 Å². The number of benzene rings is 1. The predicted molar refractivity (Wildman–Crippen MR) is 91.9 cm³/mol. The summed E-state index contributed by atoms with van der Waals surface area (Å²) >= 11 is 0. The summed E-state index contributed by atoms with van der Waals surface area (Å²) < 4.78 is 2.21. The van der Waals surface area contributed by atoms with Crippen LogP contribution in [0.5, 0.6) is 0 Å². The first-order valence-corrected chi connectivity index (χ1v) is 7.89. The zero-order chi connectivity index (χ0) is 16.1. The first-order chi connectivity index (χ1) is 11.2. The Labute approximate surface area is 137 Å². The quantitative estimate of drug-likeness (QED) is 0.699. The number of aromatic nitrogens is 3. The van der Waals surface area contributed by atoms with Gasteiger partial charge in [0.15, 0.2) is 0 Å². The molecule has 0 aliphatic carbocycles. The first kappa shape index (κ1) is 15.4. The molecule has 0 saturated heterocycles. The van der Waals surface area contributed by atoms with E-state index in [2.05, 4.69) is 63.7 Å². The van der Waals surface area contributed by atoms with E-state index in [1.165, 1.54) is 5.56 Å². The molecule has 2 aromatic heterocycles. The Hall–Kier alpha value is -2.46. The molecule has 118 valence electrons. The molecule has 0 N–H and O–H groups in total. The zero-order valence-corrected chi connectivity index (χ0v) is 13.6. The van der Waals surface area contributed by atoms with Crippen molar-refractivity contribution in [3.63, 3.8) is 0 Å². The molecule has 3 aromatic rings. The standard InChI is InChI=1S/C19H22N4/c1-16(18-10-6-7-11-20-18)22(2)15-19-21-12-13-23(19)14-17-8-4-3-5-9-17/h3-13,16H,14-15H2,1-2H3/t16-/m0/s1. The van der Waals surface area contributed by atoms with Crippen molar-refractivity contribution in [1.29, 1.82) is 0 Å². The van der Waals surface area contributed by atoms with Crippen molar-refractivity contribution in [2.45, 2.75) is 26.1 Å². The van der Waals surface area contributed by atoms with E-state index in [4.69, 9.17) is 0 Å². The second kappa shape index (κ2) is 7.20. The van der Waals surface area contributed by atoms with E-state index in [9.17, 15) is 0 Å². The Morgan fingerprint density at radius 3 is 2.52 bits per heavy atom. The van der Waals surface area contributed by atoms with Gasteiger partial charge in [0, 0.05) is 31.2 Å². The number of imidazole rings is 1.